The van der Waals surface area contributed by atoms with Gasteiger partial charge in [-0.25, -0.2) is 13.2 Å². The highest BCUT2D eigenvalue weighted by Gasteiger charge is 2.16. The van der Waals surface area contributed by atoms with Crippen LogP contribution in [0.25, 0.3) is 0 Å². The second-order valence-electron chi connectivity index (χ2n) is 4.01. The number of ketones is 1. The number of hydrogen-bond donors (Lipinski definition) is 1. The van der Waals surface area contributed by atoms with Crippen molar-refractivity contribution in [1.29, 1.82) is 0 Å². The molecule has 0 aromatic heterocycles. The molecular weight excluding hydrogens is 255 g/mol. The molecule has 98 valence electrons. The Bertz CT molecular complexity index is 641. The fourth-order valence-corrected chi connectivity index (χ4v) is 1.73. The van der Waals surface area contributed by atoms with Gasteiger partial charge in [-0.1, -0.05) is 18.2 Å². The summed E-state index contributed by atoms with van der Waals surface area (Å²) in [4.78, 5) is 11.9. The predicted octanol–water partition coefficient (Wildman–Crippen LogP) is 3.11. The summed E-state index contributed by atoms with van der Waals surface area (Å²) < 4.78 is 39.6. The second-order valence-corrected chi connectivity index (χ2v) is 4.01. The summed E-state index contributed by atoms with van der Waals surface area (Å²) in [6, 6.07) is 7.36. The highest BCUT2D eigenvalue weighted by atomic mass is 19.2. The summed E-state index contributed by atoms with van der Waals surface area (Å²) in [6.07, 6.45) is -0.378. The molecule has 0 radical (unpaired) electrons. The van der Waals surface area contributed by atoms with Crippen LogP contribution in [0, 0.1) is 17.5 Å². The molecule has 2 rings (SSSR count). The Kier molecular flexibility index (Phi) is 3.55. The average Bonchev–Trinajstić information content (AvgIpc) is 2.38. The van der Waals surface area contributed by atoms with Crippen LogP contribution in [0.15, 0.2) is 36.4 Å². The van der Waals surface area contributed by atoms with E-state index in [1.54, 1.807) is 0 Å². The van der Waals surface area contributed by atoms with Crippen LogP contribution in [0.2, 0.25) is 0 Å². The lowest BCUT2D eigenvalue weighted by Gasteiger charge is -2.06. The second kappa shape index (κ2) is 5.14. The Balaban J connectivity index is 2.31. The number of Topliss-reactive ketones (excluding diaryl/α,β-unsaturated/α-hetero) is 1. The number of anilines is 1. The van der Waals surface area contributed by atoms with Crippen LogP contribution in [-0.2, 0) is 6.42 Å². The molecule has 0 fully saturated rings. The number of para-hydroxylation sites is 1. The number of carbonyl (C=O) groups is 1. The zero-order valence-corrected chi connectivity index (χ0v) is 9.79. The van der Waals surface area contributed by atoms with E-state index in [1.165, 1.54) is 24.3 Å². The van der Waals surface area contributed by atoms with Crippen molar-refractivity contribution in [2.24, 2.45) is 0 Å². The maximum Gasteiger partial charge on any atom is 0.169 e. The lowest BCUT2D eigenvalue weighted by atomic mass is 10.0. The summed E-state index contributed by atoms with van der Waals surface area (Å²) in [5.74, 6) is -3.39. The fourth-order valence-electron chi connectivity index (χ4n) is 1.73. The molecule has 2 nitrogen and oxygen atoms in total. The van der Waals surface area contributed by atoms with Gasteiger partial charge >= 0.3 is 0 Å². The number of benzene rings is 2. The van der Waals surface area contributed by atoms with Crippen molar-refractivity contribution in [3.63, 3.8) is 0 Å². The molecule has 19 heavy (non-hydrogen) atoms. The molecule has 0 aliphatic heterocycles. The van der Waals surface area contributed by atoms with Gasteiger partial charge in [0.1, 0.15) is 5.82 Å². The fraction of sp³-hybridized carbons (Fsp3) is 0.0714. The van der Waals surface area contributed by atoms with Crippen molar-refractivity contribution in [2.75, 3.05) is 5.73 Å². The zero-order valence-electron chi connectivity index (χ0n) is 9.79. The van der Waals surface area contributed by atoms with Gasteiger partial charge in [-0.15, -0.1) is 0 Å². The topological polar surface area (TPSA) is 43.1 Å². The highest BCUT2D eigenvalue weighted by Crippen LogP contribution is 2.19. The molecule has 2 aromatic carbocycles. The molecule has 0 aliphatic carbocycles. The average molecular weight is 265 g/mol. The smallest absolute Gasteiger partial charge is 0.169 e. The zero-order chi connectivity index (χ0) is 14.0. The van der Waals surface area contributed by atoms with Crippen molar-refractivity contribution in [1.82, 2.24) is 0 Å². The maximum atomic E-state index is 13.4. The summed E-state index contributed by atoms with van der Waals surface area (Å²) in [5.41, 5.74) is 5.03. The van der Waals surface area contributed by atoms with Crippen molar-refractivity contribution in [3.8, 4) is 0 Å². The van der Waals surface area contributed by atoms with Gasteiger partial charge in [0, 0.05) is 12.0 Å². The SMILES string of the molecule is Nc1c(F)cccc1C(=O)Cc1cccc(F)c1F. The number of nitrogen functional groups attached to an aromatic ring is 1. The Labute approximate surface area is 107 Å². The predicted molar refractivity (Wildman–Crippen MR) is 65.2 cm³/mol. The monoisotopic (exact) mass is 265 g/mol. The van der Waals surface area contributed by atoms with Crippen LogP contribution in [0.3, 0.4) is 0 Å². The van der Waals surface area contributed by atoms with Gasteiger partial charge in [0.05, 0.1) is 5.69 Å². The molecule has 0 atom stereocenters. The minimum Gasteiger partial charge on any atom is -0.396 e. The summed E-state index contributed by atoms with van der Waals surface area (Å²) in [7, 11) is 0. The first-order valence-electron chi connectivity index (χ1n) is 5.50. The van der Waals surface area contributed by atoms with Gasteiger partial charge < -0.3 is 5.73 Å². The van der Waals surface area contributed by atoms with Gasteiger partial charge in [-0.2, -0.15) is 0 Å². The first-order chi connectivity index (χ1) is 9.00. The van der Waals surface area contributed by atoms with Crippen LogP contribution in [-0.4, -0.2) is 5.78 Å². The molecule has 0 saturated carbocycles. The molecule has 0 heterocycles. The summed E-state index contributed by atoms with van der Waals surface area (Å²) in [5, 5.41) is 0. The van der Waals surface area contributed by atoms with E-state index in [-0.39, 0.29) is 23.2 Å². The first kappa shape index (κ1) is 13.1. The molecule has 0 bridgehead atoms. The van der Waals surface area contributed by atoms with Crippen LogP contribution >= 0.6 is 0 Å². The third-order valence-electron chi connectivity index (χ3n) is 2.74. The van der Waals surface area contributed by atoms with Crippen molar-refractivity contribution in [3.05, 3.63) is 65.0 Å². The standard InChI is InChI=1S/C14H10F3NO/c15-10-5-1-3-8(13(10)17)7-12(19)9-4-2-6-11(16)14(9)18/h1-6H,7,18H2. The van der Waals surface area contributed by atoms with Gasteiger partial charge in [-0.3, -0.25) is 4.79 Å². The van der Waals surface area contributed by atoms with E-state index >= 15 is 0 Å². The lowest BCUT2D eigenvalue weighted by molar-refractivity contribution is 0.0992. The largest absolute Gasteiger partial charge is 0.396 e. The summed E-state index contributed by atoms with van der Waals surface area (Å²) in [6.45, 7) is 0. The third-order valence-corrected chi connectivity index (χ3v) is 2.74. The van der Waals surface area contributed by atoms with E-state index in [9.17, 15) is 18.0 Å². The van der Waals surface area contributed by atoms with Crippen molar-refractivity contribution >= 4 is 11.5 Å². The van der Waals surface area contributed by atoms with E-state index in [2.05, 4.69) is 0 Å². The first-order valence-corrected chi connectivity index (χ1v) is 5.50. The summed E-state index contributed by atoms with van der Waals surface area (Å²) >= 11 is 0. The van der Waals surface area contributed by atoms with Crippen LogP contribution in [0.1, 0.15) is 15.9 Å². The van der Waals surface area contributed by atoms with E-state index in [1.807, 2.05) is 0 Å². The van der Waals surface area contributed by atoms with E-state index in [0.717, 1.165) is 12.1 Å². The van der Waals surface area contributed by atoms with Gasteiger partial charge in [0.2, 0.25) is 0 Å². The number of carbonyl (C=O) groups excluding carboxylic acids is 1. The minimum atomic E-state index is -1.08. The Morgan fingerprint density at radius 1 is 1.00 bits per heavy atom. The molecule has 2 aromatic rings. The molecule has 0 saturated heterocycles. The number of nitrogens with two attached hydrogens (primary N) is 1. The van der Waals surface area contributed by atoms with Gasteiger partial charge in [-0.05, 0) is 23.8 Å². The molecule has 0 aliphatic rings. The number of halogens is 3. The minimum absolute atomic E-state index is 0.0383. The Morgan fingerprint density at radius 3 is 2.37 bits per heavy atom. The molecule has 0 unspecified atom stereocenters. The van der Waals surface area contributed by atoms with Crippen molar-refractivity contribution < 1.29 is 18.0 Å². The van der Waals surface area contributed by atoms with Gasteiger partial charge in [0.15, 0.2) is 17.4 Å². The van der Waals surface area contributed by atoms with E-state index in [0.29, 0.717) is 0 Å². The van der Waals surface area contributed by atoms with Crippen LogP contribution in [0.5, 0.6) is 0 Å². The molecule has 5 heteroatoms. The van der Waals surface area contributed by atoms with E-state index in [4.69, 9.17) is 5.73 Å². The van der Waals surface area contributed by atoms with E-state index < -0.39 is 23.2 Å². The molecule has 2 N–H and O–H groups in total. The third kappa shape index (κ3) is 2.59. The van der Waals surface area contributed by atoms with Crippen LogP contribution < -0.4 is 5.73 Å². The molecular formula is C14H10F3NO. The van der Waals surface area contributed by atoms with Crippen LogP contribution in [0.4, 0.5) is 18.9 Å². The Hall–Kier alpha value is -2.30. The van der Waals surface area contributed by atoms with Gasteiger partial charge in [0.25, 0.3) is 0 Å². The normalized spacial score (nSPS) is 10.5. The lowest BCUT2D eigenvalue weighted by Crippen LogP contribution is -2.10. The molecule has 0 spiro atoms. The quantitative estimate of drug-likeness (QED) is 0.684. The Morgan fingerprint density at radius 2 is 1.63 bits per heavy atom. The molecule has 0 amide bonds. The van der Waals surface area contributed by atoms with Crippen molar-refractivity contribution in [2.45, 2.75) is 6.42 Å². The number of rotatable bonds is 3. The number of hydrogen-bond acceptors (Lipinski definition) is 2. The maximum absolute atomic E-state index is 13.4. The highest BCUT2D eigenvalue weighted by molar-refractivity contribution is 6.02.